The minimum Gasteiger partial charge on any atom is -0.458 e. The summed E-state index contributed by atoms with van der Waals surface area (Å²) < 4.78 is 5.39. The lowest BCUT2D eigenvalue weighted by atomic mass is 10.2. The SMILES string of the molecule is NCc1oc2ccccc2c1Cl. The van der Waals surface area contributed by atoms with E-state index >= 15 is 0 Å². The zero-order valence-corrected chi connectivity index (χ0v) is 7.14. The van der Waals surface area contributed by atoms with Gasteiger partial charge in [-0.1, -0.05) is 23.7 Å². The molecule has 0 saturated heterocycles. The van der Waals surface area contributed by atoms with Gasteiger partial charge in [0.1, 0.15) is 11.3 Å². The van der Waals surface area contributed by atoms with E-state index in [0.717, 1.165) is 11.0 Å². The van der Waals surface area contributed by atoms with E-state index in [4.69, 9.17) is 21.8 Å². The van der Waals surface area contributed by atoms with Crippen molar-refractivity contribution >= 4 is 22.6 Å². The van der Waals surface area contributed by atoms with Gasteiger partial charge in [-0.05, 0) is 12.1 Å². The largest absolute Gasteiger partial charge is 0.458 e. The third-order valence-electron chi connectivity index (χ3n) is 1.79. The summed E-state index contributed by atoms with van der Waals surface area (Å²) in [7, 11) is 0. The first-order chi connectivity index (χ1) is 5.83. The van der Waals surface area contributed by atoms with Crippen LogP contribution in [0.15, 0.2) is 28.7 Å². The molecule has 0 unspecified atom stereocenters. The number of para-hydroxylation sites is 1. The topological polar surface area (TPSA) is 39.2 Å². The van der Waals surface area contributed by atoms with E-state index in [0.29, 0.717) is 17.3 Å². The van der Waals surface area contributed by atoms with Crippen LogP contribution in [-0.4, -0.2) is 0 Å². The van der Waals surface area contributed by atoms with Crippen LogP contribution in [0.2, 0.25) is 5.02 Å². The molecule has 1 aromatic heterocycles. The minimum atomic E-state index is 0.341. The van der Waals surface area contributed by atoms with Crippen molar-refractivity contribution in [2.75, 3.05) is 0 Å². The Hall–Kier alpha value is -0.990. The lowest BCUT2D eigenvalue weighted by Gasteiger charge is -1.86. The Morgan fingerprint density at radius 2 is 2.08 bits per heavy atom. The van der Waals surface area contributed by atoms with Gasteiger partial charge in [0.05, 0.1) is 11.6 Å². The van der Waals surface area contributed by atoms with Gasteiger partial charge in [0.15, 0.2) is 0 Å². The summed E-state index contributed by atoms with van der Waals surface area (Å²) >= 11 is 5.98. The third kappa shape index (κ3) is 1.00. The number of hydrogen-bond donors (Lipinski definition) is 1. The molecule has 3 heteroatoms. The molecule has 0 aliphatic carbocycles. The van der Waals surface area contributed by atoms with E-state index in [2.05, 4.69) is 0 Å². The highest BCUT2D eigenvalue weighted by Crippen LogP contribution is 2.29. The predicted molar refractivity (Wildman–Crippen MR) is 49.1 cm³/mol. The van der Waals surface area contributed by atoms with Crippen molar-refractivity contribution in [3.63, 3.8) is 0 Å². The van der Waals surface area contributed by atoms with E-state index in [1.165, 1.54) is 0 Å². The average Bonchev–Trinajstić information content (AvgIpc) is 2.44. The number of fused-ring (bicyclic) bond motifs is 1. The summed E-state index contributed by atoms with van der Waals surface area (Å²) in [6.07, 6.45) is 0. The number of hydrogen-bond acceptors (Lipinski definition) is 2. The van der Waals surface area contributed by atoms with Gasteiger partial charge in [0.25, 0.3) is 0 Å². The minimum absolute atomic E-state index is 0.341. The molecule has 0 fully saturated rings. The molecule has 2 nitrogen and oxygen atoms in total. The van der Waals surface area contributed by atoms with E-state index in [-0.39, 0.29) is 0 Å². The maximum atomic E-state index is 5.98. The summed E-state index contributed by atoms with van der Waals surface area (Å²) in [6, 6.07) is 7.62. The highest BCUT2D eigenvalue weighted by atomic mass is 35.5. The molecule has 0 amide bonds. The van der Waals surface area contributed by atoms with Gasteiger partial charge in [0, 0.05) is 5.39 Å². The Morgan fingerprint density at radius 1 is 1.33 bits per heavy atom. The Morgan fingerprint density at radius 3 is 2.75 bits per heavy atom. The molecule has 2 aromatic rings. The van der Waals surface area contributed by atoms with Crippen molar-refractivity contribution < 1.29 is 4.42 Å². The fraction of sp³-hybridized carbons (Fsp3) is 0.111. The Bertz CT molecular complexity index is 408. The van der Waals surface area contributed by atoms with Gasteiger partial charge in [-0.3, -0.25) is 0 Å². The van der Waals surface area contributed by atoms with Gasteiger partial charge in [-0.25, -0.2) is 0 Å². The molecule has 0 aliphatic heterocycles. The molecular weight excluding hydrogens is 174 g/mol. The van der Waals surface area contributed by atoms with Crippen molar-refractivity contribution in [2.45, 2.75) is 6.54 Å². The monoisotopic (exact) mass is 181 g/mol. The number of nitrogens with two attached hydrogens (primary N) is 1. The summed E-state index contributed by atoms with van der Waals surface area (Å²) in [5.41, 5.74) is 6.23. The zero-order chi connectivity index (χ0) is 8.55. The first-order valence-electron chi connectivity index (χ1n) is 3.69. The van der Waals surface area contributed by atoms with Crippen molar-refractivity contribution in [1.82, 2.24) is 0 Å². The standard InChI is InChI=1S/C9H8ClNO/c10-9-6-3-1-2-4-7(6)12-8(9)5-11/h1-4H,5,11H2. The number of halogens is 1. The first kappa shape index (κ1) is 7.65. The molecule has 1 aromatic carbocycles. The van der Waals surface area contributed by atoms with Crippen LogP contribution in [0.1, 0.15) is 5.76 Å². The molecule has 0 atom stereocenters. The third-order valence-corrected chi connectivity index (χ3v) is 2.20. The van der Waals surface area contributed by atoms with E-state index in [1.54, 1.807) is 0 Å². The molecule has 0 bridgehead atoms. The summed E-state index contributed by atoms with van der Waals surface area (Å²) in [6.45, 7) is 0.341. The quantitative estimate of drug-likeness (QED) is 0.735. The van der Waals surface area contributed by atoms with Crippen molar-refractivity contribution in [3.8, 4) is 0 Å². The normalized spacial score (nSPS) is 10.8. The van der Waals surface area contributed by atoms with Crippen LogP contribution >= 0.6 is 11.6 Å². The van der Waals surface area contributed by atoms with Crippen LogP contribution in [0.3, 0.4) is 0 Å². The molecule has 2 rings (SSSR count). The maximum Gasteiger partial charge on any atom is 0.137 e. The molecular formula is C9H8ClNO. The molecule has 0 aliphatic rings. The fourth-order valence-electron chi connectivity index (χ4n) is 1.20. The van der Waals surface area contributed by atoms with Crippen LogP contribution in [0.5, 0.6) is 0 Å². The fourth-order valence-corrected chi connectivity index (χ4v) is 1.47. The molecule has 12 heavy (non-hydrogen) atoms. The van der Waals surface area contributed by atoms with Crippen molar-refractivity contribution in [2.24, 2.45) is 5.73 Å². The molecule has 0 radical (unpaired) electrons. The first-order valence-corrected chi connectivity index (χ1v) is 4.06. The number of rotatable bonds is 1. The molecule has 2 N–H and O–H groups in total. The van der Waals surface area contributed by atoms with Crippen LogP contribution in [0.25, 0.3) is 11.0 Å². The van der Waals surface area contributed by atoms with Gasteiger partial charge in [-0.15, -0.1) is 0 Å². The lowest BCUT2D eigenvalue weighted by molar-refractivity contribution is 0.552. The zero-order valence-electron chi connectivity index (χ0n) is 6.38. The summed E-state index contributed by atoms with van der Waals surface area (Å²) in [4.78, 5) is 0. The highest BCUT2D eigenvalue weighted by molar-refractivity contribution is 6.36. The van der Waals surface area contributed by atoms with Crippen LogP contribution in [-0.2, 0) is 6.54 Å². The summed E-state index contributed by atoms with van der Waals surface area (Å²) in [5, 5.41) is 1.56. The molecule has 62 valence electrons. The second kappa shape index (κ2) is 2.81. The van der Waals surface area contributed by atoms with Crippen LogP contribution in [0.4, 0.5) is 0 Å². The van der Waals surface area contributed by atoms with E-state index in [1.807, 2.05) is 24.3 Å². The predicted octanol–water partition coefficient (Wildman–Crippen LogP) is 2.54. The van der Waals surface area contributed by atoms with Gasteiger partial charge >= 0.3 is 0 Å². The smallest absolute Gasteiger partial charge is 0.137 e. The molecule has 1 heterocycles. The van der Waals surface area contributed by atoms with Crippen LogP contribution < -0.4 is 5.73 Å². The Kier molecular flexibility index (Phi) is 1.79. The average molecular weight is 182 g/mol. The number of benzene rings is 1. The Balaban J connectivity index is 2.78. The van der Waals surface area contributed by atoms with Gasteiger partial charge in [-0.2, -0.15) is 0 Å². The van der Waals surface area contributed by atoms with Crippen LogP contribution in [0, 0.1) is 0 Å². The van der Waals surface area contributed by atoms with Gasteiger partial charge in [0.2, 0.25) is 0 Å². The number of furan rings is 1. The maximum absolute atomic E-state index is 5.98. The molecule has 0 spiro atoms. The van der Waals surface area contributed by atoms with Gasteiger partial charge < -0.3 is 10.2 Å². The summed E-state index contributed by atoms with van der Waals surface area (Å²) in [5.74, 6) is 0.651. The Labute approximate surface area is 74.9 Å². The second-order valence-corrected chi connectivity index (χ2v) is 2.92. The highest BCUT2D eigenvalue weighted by Gasteiger charge is 2.08. The molecule has 0 saturated carbocycles. The second-order valence-electron chi connectivity index (χ2n) is 2.54. The van der Waals surface area contributed by atoms with Crippen molar-refractivity contribution in [3.05, 3.63) is 35.0 Å². The van der Waals surface area contributed by atoms with E-state index in [9.17, 15) is 0 Å². The lowest BCUT2D eigenvalue weighted by Crippen LogP contribution is -1.93. The van der Waals surface area contributed by atoms with E-state index < -0.39 is 0 Å². The van der Waals surface area contributed by atoms with Crippen molar-refractivity contribution in [1.29, 1.82) is 0 Å².